The number of rotatable bonds is 7. The molecule has 0 aliphatic carbocycles. The molecule has 0 saturated carbocycles. The minimum absolute atomic E-state index is 0.527. The van der Waals surface area contributed by atoms with E-state index >= 15 is 0 Å². The zero-order valence-corrected chi connectivity index (χ0v) is 19.3. The molecule has 1 unspecified atom stereocenters. The first-order valence-electron chi connectivity index (χ1n) is 11.3. The van der Waals surface area contributed by atoms with Gasteiger partial charge < -0.3 is 15.0 Å². The summed E-state index contributed by atoms with van der Waals surface area (Å²) in [6.45, 7) is 8.24. The summed E-state index contributed by atoms with van der Waals surface area (Å²) in [5.74, 6) is 1.47. The second kappa shape index (κ2) is 10.5. The summed E-state index contributed by atoms with van der Waals surface area (Å²) in [6.07, 6.45) is 1.12. The fourth-order valence-corrected chi connectivity index (χ4v) is 4.33. The van der Waals surface area contributed by atoms with Gasteiger partial charge in [-0.05, 0) is 43.5 Å². The smallest absolute Gasteiger partial charge is 0.193 e. The van der Waals surface area contributed by atoms with Crippen LogP contribution in [0.25, 0.3) is 5.69 Å². The molecule has 2 aromatic carbocycles. The van der Waals surface area contributed by atoms with Crippen LogP contribution >= 0.6 is 0 Å². The number of likely N-dealkylation sites (tertiary alicyclic amines) is 1. The van der Waals surface area contributed by atoms with E-state index < -0.39 is 0 Å². The lowest BCUT2D eigenvalue weighted by atomic mass is 10.1. The van der Waals surface area contributed by atoms with Crippen molar-refractivity contribution < 1.29 is 4.74 Å². The molecule has 0 spiro atoms. The second-order valence-corrected chi connectivity index (χ2v) is 8.47. The third-order valence-corrected chi connectivity index (χ3v) is 5.93. The lowest BCUT2D eigenvalue weighted by molar-refractivity contribution is 0.0906. The molecule has 1 aliphatic rings. The molecule has 3 aromatic rings. The number of hydrogen-bond donors (Lipinski definition) is 1. The quantitative estimate of drug-likeness (QED) is 0.452. The normalized spacial score (nSPS) is 16.5. The van der Waals surface area contributed by atoms with Crippen molar-refractivity contribution in [2.45, 2.75) is 33.4 Å². The third-order valence-electron chi connectivity index (χ3n) is 5.93. The third kappa shape index (κ3) is 5.37. The zero-order valence-electron chi connectivity index (χ0n) is 19.3. The summed E-state index contributed by atoms with van der Waals surface area (Å²) in [4.78, 5) is 6.88. The van der Waals surface area contributed by atoms with Crippen LogP contribution < -0.4 is 5.32 Å². The van der Waals surface area contributed by atoms with Crippen molar-refractivity contribution in [1.29, 1.82) is 0 Å². The largest absolute Gasteiger partial charge is 0.376 e. The Balaban J connectivity index is 1.32. The molecular formula is C26H33N5O. The van der Waals surface area contributed by atoms with Gasteiger partial charge in [-0.1, -0.05) is 48.5 Å². The van der Waals surface area contributed by atoms with Crippen LogP contribution in [0.5, 0.6) is 0 Å². The summed E-state index contributed by atoms with van der Waals surface area (Å²) in [7, 11) is 1.86. The van der Waals surface area contributed by atoms with Crippen molar-refractivity contribution in [3.63, 3.8) is 0 Å². The van der Waals surface area contributed by atoms with E-state index in [1.165, 1.54) is 11.1 Å². The maximum Gasteiger partial charge on any atom is 0.193 e. The van der Waals surface area contributed by atoms with Crippen LogP contribution in [0.1, 0.15) is 28.9 Å². The van der Waals surface area contributed by atoms with Crippen molar-refractivity contribution in [3.05, 3.63) is 83.2 Å². The van der Waals surface area contributed by atoms with E-state index in [4.69, 9.17) is 4.74 Å². The lowest BCUT2D eigenvalue weighted by Crippen LogP contribution is -2.40. The number of aliphatic imine (C=N–C) groups is 1. The van der Waals surface area contributed by atoms with E-state index in [9.17, 15) is 0 Å². The van der Waals surface area contributed by atoms with Crippen LogP contribution in [0.15, 0.2) is 65.7 Å². The number of aromatic nitrogens is 2. The Morgan fingerprint density at radius 1 is 1.12 bits per heavy atom. The lowest BCUT2D eigenvalue weighted by Gasteiger charge is -2.22. The van der Waals surface area contributed by atoms with Crippen LogP contribution in [0.2, 0.25) is 0 Å². The van der Waals surface area contributed by atoms with E-state index in [1.54, 1.807) is 0 Å². The van der Waals surface area contributed by atoms with Crippen LogP contribution in [0, 0.1) is 19.8 Å². The van der Waals surface area contributed by atoms with Gasteiger partial charge in [0.1, 0.15) is 0 Å². The molecule has 6 heteroatoms. The van der Waals surface area contributed by atoms with E-state index in [-0.39, 0.29) is 0 Å². The molecule has 0 bridgehead atoms. The van der Waals surface area contributed by atoms with Crippen molar-refractivity contribution in [1.82, 2.24) is 20.0 Å². The van der Waals surface area contributed by atoms with E-state index in [1.807, 2.05) is 24.7 Å². The van der Waals surface area contributed by atoms with Crippen LogP contribution in [-0.2, 0) is 17.9 Å². The number of benzene rings is 2. The van der Waals surface area contributed by atoms with Crippen LogP contribution in [-0.4, -0.2) is 47.4 Å². The van der Waals surface area contributed by atoms with Gasteiger partial charge in [0.15, 0.2) is 5.96 Å². The topological polar surface area (TPSA) is 54.7 Å². The number of aryl methyl sites for hydroxylation is 2. The van der Waals surface area contributed by atoms with E-state index in [0.717, 1.165) is 49.2 Å². The number of hydrogen-bond acceptors (Lipinski definition) is 3. The summed E-state index contributed by atoms with van der Waals surface area (Å²) < 4.78 is 7.99. The summed E-state index contributed by atoms with van der Waals surface area (Å²) in [5, 5.41) is 8.22. The molecule has 2 heterocycles. The SMILES string of the molecule is CN=C(NCc1ccccc1-n1nc(C)cc1C)N1CCC(COCc2ccccc2)C1. The first-order valence-corrected chi connectivity index (χ1v) is 11.3. The molecule has 0 amide bonds. The second-order valence-electron chi connectivity index (χ2n) is 8.47. The van der Waals surface area contributed by atoms with Gasteiger partial charge in [0.05, 0.1) is 24.6 Å². The Kier molecular flexibility index (Phi) is 7.22. The number of nitrogens with zero attached hydrogens (tertiary/aromatic N) is 4. The first kappa shape index (κ1) is 22.1. The standard InChI is InChI=1S/C26H33N5O/c1-20-15-21(2)31(29-20)25-12-8-7-11-24(25)16-28-26(27-3)30-14-13-23(17-30)19-32-18-22-9-5-4-6-10-22/h4-12,15,23H,13-14,16-19H2,1-3H3,(H,27,28). The molecule has 32 heavy (non-hydrogen) atoms. The fraction of sp³-hybridized carbons (Fsp3) is 0.385. The van der Waals surface area contributed by atoms with Crippen molar-refractivity contribution in [2.75, 3.05) is 26.7 Å². The van der Waals surface area contributed by atoms with E-state index in [0.29, 0.717) is 19.1 Å². The highest BCUT2D eigenvalue weighted by atomic mass is 16.5. The molecule has 6 nitrogen and oxygen atoms in total. The molecule has 1 atom stereocenters. The minimum Gasteiger partial charge on any atom is -0.376 e. The summed E-state index contributed by atoms with van der Waals surface area (Å²) >= 11 is 0. The van der Waals surface area contributed by atoms with Crippen molar-refractivity contribution in [3.8, 4) is 5.69 Å². The summed E-state index contributed by atoms with van der Waals surface area (Å²) in [5.41, 5.74) is 5.69. The number of ether oxygens (including phenoxy) is 1. The minimum atomic E-state index is 0.527. The molecule has 1 fully saturated rings. The number of nitrogens with one attached hydrogen (secondary N) is 1. The van der Waals surface area contributed by atoms with Gasteiger partial charge in [-0.25, -0.2) is 4.68 Å². The highest BCUT2D eigenvalue weighted by Gasteiger charge is 2.25. The van der Waals surface area contributed by atoms with Crippen molar-refractivity contribution in [2.24, 2.45) is 10.9 Å². The van der Waals surface area contributed by atoms with Crippen LogP contribution in [0.4, 0.5) is 0 Å². The molecule has 1 aromatic heterocycles. The van der Waals surface area contributed by atoms with Crippen molar-refractivity contribution >= 4 is 5.96 Å². The summed E-state index contributed by atoms with van der Waals surface area (Å²) in [6, 6.07) is 20.9. The molecule has 1 saturated heterocycles. The Labute approximate surface area is 190 Å². The van der Waals surface area contributed by atoms with Gasteiger partial charge in [0.25, 0.3) is 0 Å². The Morgan fingerprint density at radius 3 is 2.66 bits per heavy atom. The molecule has 0 radical (unpaired) electrons. The Hall–Kier alpha value is -3.12. The average Bonchev–Trinajstić information content (AvgIpc) is 3.41. The highest BCUT2D eigenvalue weighted by molar-refractivity contribution is 5.80. The van der Waals surface area contributed by atoms with Gasteiger partial charge in [0, 0.05) is 38.3 Å². The van der Waals surface area contributed by atoms with Gasteiger partial charge >= 0.3 is 0 Å². The number of guanidine groups is 1. The molecule has 4 rings (SSSR count). The molecular weight excluding hydrogens is 398 g/mol. The molecule has 168 valence electrons. The fourth-order valence-electron chi connectivity index (χ4n) is 4.33. The van der Waals surface area contributed by atoms with E-state index in [2.05, 4.69) is 81.8 Å². The Bertz CT molecular complexity index is 1040. The predicted molar refractivity (Wildman–Crippen MR) is 129 cm³/mol. The maximum absolute atomic E-state index is 5.98. The monoisotopic (exact) mass is 431 g/mol. The van der Waals surface area contributed by atoms with Gasteiger partial charge in [-0.2, -0.15) is 5.10 Å². The Morgan fingerprint density at radius 2 is 1.91 bits per heavy atom. The molecule has 1 aliphatic heterocycles. The zero-order chi connectivity index (χ0) is 22.3. The number of para-hydroxylation sites is 1. The average molecular weight is 432 g/mol. The van der Waals surface area contributed by atoms with Gasteiger partial charge in [-0.3, -0.25) is 4.99 Å². The predicted octanol–water partition coefficient (Wildman–Crippen LogP) is 4.10. The first-order chi connectivity index (χ1) is 15.6. The van der Waals surface area contributed by atoms with Crippen LogP contribution in [0.3, 0.4) is 0 Å². The maximum atomic E-state index is 5.98. The molecule has 1 N–H and O–H groups in total. The highest BCUT2D eigenvalue weighted by Crippen LogP contribution is 2.19. The van der Waals surface area contributed by atoms with Gasteiger partial charge in [-0.15, -0.1) is 0 Å². The van der Waals surface area contributed by atoms with Gasteiger partial charge in [0.2, 0.25) is 0 Å².